The van der Waals surface area contributed by atoms with Crippen molar-refractivity contribution in [2.24, 2.45) is 0 Å². The van der Waals surface area contributed by atoms with Gasteiger partial charge in [0.2, 0.25) is 0 Å². The highest BCUT2D eigenvalue weighted by atomic mass is 16.5. The van der Waals surface area contributed by atoms with Crippen molar-refractivity contribution in [1.29, 1.82) is 0 Å². The maximum Gasteiger partial charge on any atom is 0.179 e. The number of nitrogens with zero attached hydrogens (tertiary/aromatic N) is 7. The van der Waals surface area contributed by atoms with Crippen LogP contribution < -0.4 is 4.90 Å². The van der Waals surface area contributed by atoms with E-state index in [9.17, 15) is 0 Å². The Labute approximate surface area is 161 Å². The van der Waals surface area contributed by atoms with Crippen LogP contribution in [0.15, 0.2) is 37.1 Å². The molecule has 28 heavy (non-hydrogen) atoms. The summed E-state index contributed by atoms with van der Waals surface area (Å²) in [6, 6.07) is 4.22. The molecular formula is C19H20N8O. The molecule has 9 nitrogen and oxygen atoms in total. The number of anilines is 1. The van der Waals surface area contributed by atoms with E-state index in [1.807, 2.05) is 29.9 Å². The molecule has 0 radical (unpaired) electrons. The van der Waals surface area contributed by atoms with Gasteiger partial charge < -0.3 is 9.64 Å². The Morgan fingerprint density at radius 3 is 2.93 bits per heavy atom. The fourth-order valence-corrected chi connectivity index (χ4v) is 3.61. The molecule has 1 N–H and O–H groups in total. The number of ether oxygens (including phenoxy) is 1. The van der Waals surface area contributed by atoms with Crippen molar-refractivity contribution in [2.45, 2.75) is 19.9 Å². The van der Waals surface area contributed by atoms with Gasteiger partial charge in [-0.05, 0) is 26.0 Å². The van der Waals surface area contributed by atoms with Gasteiger partial charge in [0.15, 0.2) is 11.6 Å². The van der Waals surface area contributed by atoms with Gasteiger partial charge in [0.1, 0.15) is 12.0 Å². The van der Waals surface area contributed by atoms with E-state index in [-0.39, 0.29) is 6.04 Å². The molecule has 1 aliphatic rings. The van der Waals surface area contributed by atoms with Crippen LogP contribution >= 0.6 is 0 Å². The van der Waals surface area contributed by atoms with E-state index in [0.29, 0.717) is 19.0 Å². The minimum atomic E-state index is 0.235. The molecule has 1 aliphatic heterocycles. The van der Waals surface area contributed by atoms with E-state index in [0.717, 1.165) is 40.4 Å². The smallest absolute Gasteiger partial charge is 0.179 e. The Hall–Kier alpha value is -3.33. The number of H-pyrrole nitrogens is 1. The van der Waals surface area contributed by atoms with Crippen LogP contribution in [-0.4, -0.2) is 60.6 Å². The van der Waals surface area contributed by atoms with Crippen LogP contribution in [0.1, 0.15) is 12.6 Å². The van der Waals surface area contributed by atoms with E-state index < -0.39 is 0 Å². The largest absolute Gasteiger partial charge is 0.377 e. The number of imidazole rings is 1. The summed E-state index contributed by atoms with van der Waals surface area (Å²) in [4.78, 5) is 15.5. The summed E-state index contributed by atoms with van der Waals surface area (Å²) >= 11 is 0. The zero-order valence-corrected chi connectivity index (χ0v) is 15.7. The molecule has 9 heteroatoms. The van der Waals surface area contributed by atoms with Crippen molar-refractivity contribution in [2.75, 3.05) is 24.7 Å². The van der Waals surface area contributed by atoms with Gasteiger partial charge in [-0.15, -0.1) is 5.10 Å². The standard InChI is InChI=1S/C19H20N8O/c1-12-10-28-6-5-26(12)18-7-14(15-8-20-11-22-13(15)2)17-9-21-19(27(17)25-18)16-3-4-23-24-16/h3-4,7-9,11-12H,5-6,10H2,1-2H3,(H,23,24). The lowest BCUT2D eigenvalue weighted by atomic mass is 10.1. The summed E-state index contributed by atoms with van der Waals surface area (Å²) in [5, 5.41) is 11.9. The summed E-state index contributed by atoms with van der Waals surface area (Å²) in [7, 11) is 0. The van der Waals surface area contributed by atoms with Crippen molar-refractivity contribution in [1.82, 2.24) is 34.8 Å². The maximum atomic E-state index is 5.60. The number of nitrogens with one attached hydrogen (secondary N) is 1. The molecule has 4 aromatic heterocycles. The number of hydrogen-bond acceptors (Lipinski definition) is 7. The molecule has 0 aromatic carbocycles. The van der Waals surface area contributed by atoms with Crippen LogP contribution in [-0.2, 0) is 4.74 Å². The minimum absolute atomic E-state index is 0.235. The van der Waals surface area contributed by atoms with E-state index in [1.165, 1.54) is 0 Å². The zero-order chi connectivity index (χ0) is 19.1. The van der Waals surface area contributed by atoms with Crippen molar-refractivity contribution < 1.29 is 4.74 Å². The normalized spacial score (nSPS) is 17.4. The van der Waals surface area contributed by atoms with Crippen molar-refractivity contribution in [3.05, 3.63) is 42.7 Å². The maximum absolute atomic E-state index is 5.60. The lowest BCUT2D eigenvalue weighted by Crippen LogP contribution is -2.44. The molecule has 0 bridgehead atoms. The summed E-state index contributed by atoms with van der Waals surface area (Å²) in [6.07, 6.45) is 6.94. The monoisotopic (exact) mass is 376 g/mol. The Morgan fingerprint density at radius 2 is 2.14 bits per heavy atom. The highest BCUT2D eigenvalue weighted by Crippen LogP contribution is 2.32. The number of aromatic nitrogens is 7. The Kier molecular flexibility index (Phi) is 4.01. The van der Waals surface area contributed by atoms with Gasteiger partial charge in [-0.3, -0.25) is 5.10 Å². The van der Waals surface area contributed by atoms with Crippen LogP contribution in [0.25, 0.3) is 28.2 Å². The highest BCUT2D eigenvalue weighted by Gasteiger charge is 2.24. The van der Waals surface area contributed by atoms with Gasteiger partial charge in [0, 0.05) is 35.8 Å². The molecule has 0 spiro atoms. The van der Waals surface area contributed by atoms with E-state index in [2.05, 4.69) is 43.0 Å². The molecule has 1 saturated heterocycles. The second-order valence-electron chi connectivity index (χ2n) is 6.90. The molecule has 1 unspecified atom stereocenters. The molecule has 5 heterocycles. The van der Waals surface area contributed by atoms with Gasteiger partial charge in [0.05, 0.1) is 31.0 Å². The van der Waals surface area contributed by atoms with Crippen molar-refractivity contribution in [3.63, 3.8) is 0 Å². The fraction of sp³-hybridized carbons (Fsp3) is 0.316. The SMILES string of the molecule is Cc1ncncc1-c1cc(N2CCOCC2C)nn2c(-c3ccn[nH]3)ncc12. The molecule has 0 amide bonds. The van der Waals surface area contributed by atoms with Gasteiger partial charge >= 0.3 is 0 Å². The summed E-state index contributed by atoms with van der Waals surface area (Å²) < 4.78 is 7.47. The quantitative estimate of drug-likeness (QED) is 0.585. The predicted molar refractivity (Wildman–Crippen MR) is 104 cm³/mol. The fourth-order valence-electron chi connectivity index (χ4n) is 3.61. The van der Waals surface area contributed by atoms with E-state index >= 15 is 0 Å². The molecule has 142 valence electrons. The molecule has 5 rings (SSSR count). The second-order valence-corrected chi connectivity index (χ2v) is 6.90. The Bertz CT molecular complexity index is 1120. The highest BCUT2D eigenvalue weighted by molar-refractivity contribution is 5.83. The number of morpholine rings is 1. The van der Waals surface area contributed by atoms with Gasteiger partial charge in [0.25, 0.3) is 0 Å². The van der Waals surface area contributed by atoms with Gasteiger partial charge in [-0.25, -0.2) is 19.5 Å². The third kappa shape index (κ3) is 2.71. The number of aryl methyl sites for hydroxylation is 1. The average molecular weight is 376 g/mol. The van der Waals surface area contributed by atoms with Gasteiger partial charge in [-0.2, -0.15) is 5.10 Å². The van der Waals surface area contributed by atoms with E-state index in [4.69, 9.17) is 9.84 Å². The van der Waals surface area contributed by atoms with Crippen LogP contribution in [0.5, 0.6) is 0 Å². The Balaban J connectivity index is 1.77. The lowest BCUT2D eigenvalue weighted by molar-refractivity contribution is 0.0984. The Morgan fingerprint density at radius 1 is 1.21 bits per heavy atom. The molecule has 1 fully saturated rings. The first-order valence-corrected chi connectivity index (χ1v) is 9.22. The second kappa shape index (κ2) is 6.68. The first-order valence-electron chi connectivity index (χ1n) is 9.22. The number of rotatable bonds is 3. The van der Waals surface area contributed by atoms with Crippen molar-refractivity contribution >= 4 is 11.3 Å². The average Bonchev–Trinajstić information content (AvgIpc) is 3.37. The number of aromatic amines is 1. The summed E-state index contributed by atoms with van der Waals surface area (Å²) in [5.41, 5.74) is 4.58. The first kappa shape index (κ1) is 16.8. The van der Waals surface area contributed by atoms with Crippen molar-refractivity contribution in [3.8, 4) is 22.6 Å². The van der Waals surface area contributed by atoms with Crippen LogP contribution in [0.3, 0.4) is 0 Å². The summed E-state index contributed by atoms with van der Waals surface area (Å²) in [5.74, 6) is 1.59. The molecule has 1 atom stereocenters. The van der Waals surface area contributed by atoms with Crippen LogP contribution in [0, 0.1) is 6.92 Å². The minimum Gasteiger partial charge on any atom is -0.377 e. The third-order valence-corrected chi connectivity index (χ3v) is 5.09. The third-order valence-electron chi connectivity index (χ3n) is 5.09. The lowest BCUT2D eigenvalue weighted by Gasteiger charge is -2.34. The van der Waals surface area contributed by atoms with Crippen LogP contribution in [0.4, 0.5) is 5.82 Å². The van der Waals surface area contributed by atoms with E-state index in [1.54, 1.807) is 12.5 Å². The molecule has 4 aromatic rings. The predicted octanol–water partition coefficient (Wildman–Crippen LogP) is 2.11. The topological polar surface area (TPSA) is 97.1 Å². The molecule has 0 aliphatic carbocycles. The van der Waals surface area contributed by atoms with Crippen LogP contribution in [0.2, 0.25) is 0 Å². The van der Waals surface area contributed by atoms with Gasteiger partial charge in [-0.1, -0.05) is 0 Å². The number of fused-ring (bicyclic) bond motifs is 1. The number of hydrogen-bond donors (Lipinski definition) is 1. The first-order chi connectivity index (χ1) is 13.7. The zero-order valence-electron chi connectivity index (χ0n) is 15.7. The molecule has 0 saturated carbocycles. The summed E-state index contributed by atoms with van der Waals surface area (Å²) in [6.45, 7) is 6.28. The molecular weight excluding hydrogens is 356 g/mol.